The summed E-state index contributed by atoms with van der Waals surface area (Å²) in [6, 6.07) is 15.9. The van der Waals surface area contributed by atoms with Crippen LogP contribution in [-0.4, -0.2) is 27.1 Å². The van der Waals surface area contributed by atoms with Crippen molar-refractivity contribution in [2.45, 2.75) is 11.8 Å². The van der Waals surface area contributed by atoms with Gasteiger partial charge in [-0.05, 0) is 36.4 Å². The maximum absolute atomic E-state index is 14.9. The summed E-state index contributed by atoms with van der Waals surface area (Å²) in [7, 11) is 0. The first-order valence-corrected chi connectivity index (χ1v) is 10.9. The molecule has 5 aromatic rings. The van der Waals surface area contributed by atoms with Crippen LogP contribution in [0.2, 0.25) is 0 Å². The van der Waals surface area contributed by atoms with E-state index >= 15 is 0 Å². The number of carbonyl (C=O) groups is 1. The highest BCUT2D eigenvalue weighted by Crippen LogP contribution is 2.51. The number of pyridine rings is 1. The summed E-state index contributed by atoms with van der Waals surface area (Å²) in [6.45, 7) is 0. The molecule has 10 heteroatoms. The molecule has 0 saturated carbocycles. The van der Waals surface area contributed by atoms with Gasteiger partial charge >= 0.3 is 17.7 Å². The summed E-state index contributed by atoms with van der Waals surface area (Å²) in [5, 5.41) is -0.819. The van der Waals surface area contributed by atoms with Crippen LogP contribution in [0.15, 0.2) is 73.1 Å². The molecule has 2 aromatic carbocycles. The van der Waals surface area contributed by atoms with E-state index in [1.54, 1.807) is 48.5 Å². The van der Waals surface area contributed by atoms with Crippen molar-refractivity contribution in [2.75, 3.05) is 0 Å². The molecular formula is C22H12F3N3O2S2. The Kier molecular flexibility index (Phi) is 4.90. The molecule has 0 radical (unpaired) electrons. The highest BCUT2D eigenvalue weighted by molar-refractivity contribution is 7.20. The fourth-order valence-electron chi connectivity index (χ4n) is 3.21. The van der Waals surface area contributed by atoms with E-state index in [0.29, 0.717) is 20.4 Å². The second kappa shape index (κ2) is 7.64. The lowest BCUT2D eigenvalue weighted by Gasteiger charge is -2.31. The number of thiazole rings is 2. The van der Waals surface area contributed by atoms with Gasteiger partial charge in [-0.3, -0.25) is 4.98 Å². The number of para-hydroxylation sites is 2. The fourth-order valence-corrected chi connectivity index (χ4v) is 5.51. The summed E-state index contributed by atoms with van der Waals surface area (Å²) in [6.07, 6.45) is -2.42. The van der Waals surface area contributed by atoms with Gasteiger partial charge in [-0.2, -0.15) is 13.2 Å². The fraction of sp³-hybridized carbons (Fsp3) is 0.0909. The number of alkyl halides is 3. The zero-order valence-electron chi connectivity index (χ0n) is 16.0. The Morgan fingerprint density at radius 3 is 1.75 bits per heavy atom. The summed E-state index contributed by atoms with van der Waals surface area (Å²) in [4.78, 5) is 25.1. The molecule has 5 nitrogen and oxygen atoms in total. The van der Waals surface area contributed by atoms with Crippen LogP contribution in [0.3, 0.4) is 0 Å². The second-order valence-corrected chi connectivity index (χ2v) is 8.84. The SMILES string of the molecule is O=C(OC(c1nc2ccccc2s1)(c1nc2ccccc2s1)C(F)(F)F)c1ccncc1. The molecule has 3 aromatic heterocycles. The van der Waals surface area contributed by atoms with Gasteiger partial charge in [0.1, 0.15) is 0 Å². The third-order valence-corrected chi connectivity index (χ3v) is 7.03. The zero-order valence-corrected chi connectivity index (χ0v) is 17.7. The van der Waals surface area contributed by atoms with Gasteiger partial charge in [0.25, 0.3) is 0 Å². The molecule has 0 unspecified atom stereocenters. The number of hydrogen-bond donors (Lipinski definition) is 0. The van der Waals surface area contributed by atoms with Gasteiger partial charge < -0.3 is 4.74 Å². The Hall–Kier alpha value is -3.37. The Morgan fingerprint density at radius 2 is 1.28 bits per heavy atom. The smallest absolute Gasteiger partial charge is 0.430 e. The topological polar surface area (TPSA) is 65.0 Å². The molecule has 0 aliphatic rings. The normalized spacial score (nSPS) is 12.3. The van der Waals surface area contributed by atoms with Gasteiger partial charge in [0.2, 0.25) is 0 Å². The monoisotopic (exact) mass is 471 g/mol. The van der Waals surface area contributed by atoms with Gasteiger partial charge in [-0.25, -0.2) is 14.8 Å². The number of rotatable bonds is 4. The lowest BCUT2D eigenvalue weighted by atomic mass is 10.0. The summed E-state index contributed by atoms with van der Waals surface area (Å²) < 4.78 is 51.2. The van der Waals surface area contributed by atoms with Crippen molar-refractivity contribution in [1.29, 1.82) is 0 Å². The van der Waals surface area contributed by atoms with E-state index < -0.39 is 27.8 Å². The number of nitrogens with zero attached hydrogens (tertiary/aromatic N) is 3. The van der Waals surface area contributed by atoms with E-state index in [4.69, 9.17) is 4.74 Å². The van der Waals surface area contributed by atoms with Crippen LogP contribution in [-0.2, 0) is 10.3 Å². The van der Waals surface area contributed by atoms with E-state index in [0.717, 1.165) is 22.7 Å². The highest BCUT2D eigenvalue weighted by Gasteiger charge is 2.65. The molecule has 32 heavy (non-hydrogen) atoms. The summed E-state index contributed by atoms with van der Waals surface area (Å²) in [5.74, 6) is -1.15. The minimum absolute atomic E-state index is 0.0594. The van der Waals surface area contributed by atoms with Crippen LogP contribution in [0.5, 0.6) is 0 Å². The molecule has 3 heterocycles. The van der Waals surface area contributed by atoms with E-state index in [1.165, 1.54) is 24.5 Å². The average molecular weight is 471 g/mol. The van der Waals surface area contributed by atoms with Crippen molar-refractivity contribution in [3.63, 3.8) is 0 Å². The molecule has 0 spiro atoms. The van der Waals surface area contributed by atoms with Crippen LogP contribution in [0, 0.1) is 0 Å². The first kappa shape index (κ1) is 20.5. The molecular weight excluding hydrogens is 459 g/mol. The number of carbonyl (C=O) groups excluding carboxylic acids is 1. The van der Waals surface area contributed by atoms with E-state index in [1.807, 2.05) is 0 Å². The van der Waals surface area contributed by atoms with Crippen molar-refractivity contribution in [2.24, 2.45) is 0 Å². The molecule has 0 atom stereocenters. The van der Waals surface area contributed by atoms with Gasteiger partial charge in [-0.1, -0.05) is 24.3 Å². The number of halogens is 3. The van der Waals surface area contributed by atoms with Crippen molar-refractivity contribution in [3.8, 4) is 0 Å². The van der Waals surface area contributed by atoms with Crippen molar-refractivity contribution in [3.05, 3.63) is 88.6 Å². The molecule has 0 N–H and O–H groups in total. The summed E-state index contributed by atoms with van der Waals surface area (Å²) in [5.41, 5.74) is -2.47. The number of benzene rings is 2. The number of fused-ring (bicyclic) bond motifs is 2. The molecule has 160 valence electrons. The van der Waals surface area contributed by atoms with Gasteiger partial charge in [0.05, 0.1) is 26.0 Å². The maximum atomic E-state index is 14.9. The first-order valence-electron chi connectivity index (χ1n) is 9.31. The van der Waals surface area contributed by atoms with E-state index in [-0.39, 0.29) is 5.56 Å². The number of esters is 1. The molecule has 5 rings (SSSR count). The molecule has 0 fully saturated rings. The Labute approximate surface area is 187 Å². The number of ether oxygens (including phenoxy) is 1. The van der Waals surface area contributed by atoms with Crippen molar-refractivity contribution >= 4 is 49.1 Å². The molecule has 0 bridgehead atoms. The average Bonchev–Trinajstić information content (AvgIpc) is 3.41. The molecule has 0 aliphatic heterocycles. The quantitative estimate of drug-likeness (QED) is 0.303. The van der Waals surface area contributed by atoms with Crippen LogP contribution in [0.4, 0.5) is 13.2 Å². The minimum Gasteiger partial charge on any atom is -0.430 e. The van der Waals surface area contributed by atoms with Crippen molar-refractivity contribution in [1.82, 2.24) is 15.0 Å². The zero-order chi connectivity index (χ0) is 22.3. The minimum atomic E-state index is -5.03. The largest absolute Gasteiger partial charge is 0.442 e. The van der Waals surface area contributed by atoms with Gasteiger partial charge in [0, 0.05) is 12.4 Å². The van der Waals surface area contributed by atoms with Crippen LogP contribution in [0.25, 0.3) is 20.4 Å². The molecule has 0 amide bonds. The second-order valence-electron chi connectivity index (χ2n) is 6.78. The standard InChI is InChI=1S/C22H12F3N3O2S2/c23-22(24,25)21(30-18(29)13-9-11-26-12-10-13,19-27-14-5-1-3-7-16(14)31-19)20-28-15-6-2-4-8-17(15)32-20/h1-12H. The third kappa shape index (κ3) is 3.32. The Balaban J connectivity index is 1.78. The summed E-state index contributed by atoms with van der Waals surface area (Å²) >= 11 is 1.64. The number of hydrogen-bond acceptors (Lipinski definition) is 7. The van der Waals surface area contributed by atoms with E-state index in [2.05, 4.69) is 15.0 Å². The molecule has 0 saturated heterocycles. The lowest BCUT2D eigenvalue weighted by Crippen LogP contribution is -2.47. The predicted molar refractivity (Wildman–Crippen MR) is 116 cm³/mol. The first-order chi connectivity index (χ1) is 15.4. The van der Waals surface area contributed by atoms with Crippen LogP contribution < -0.4 is 0 Å². The van der Waals surface area contributed by atoms with Crippen LogP contribution in [0.1, 0.15) is 20.4 Å². The Bertz CT molecular complexity index is 1290. The lowest BCUT2D eigenvalue weighted by molar-refractivity contribution is -0.247. The Morgan fingerprint density at radius 1 is 0.781 bits per heavy atom. The van der Waals surface area contributed by atoms with Crippen molar-refractivity contribution < 1.29 is 22.7 Å². The van der Waals surface area contributed by atoms with Crippen LogP contribution >= 0.6 is 22.7 Å². The predicted octanol–water partition coefficient (Wildman–Crippen LogP) is 5.96. The number of aromatic nitrogens is 3. The van der Waals surface area contributed by atoms with Gasteiger partial charge in [-0.15, -0.1) is 22.7 Å². The maximum Gasteiger partial charge on any atom is 0.442 e. The van der Waals surface area contributed by atoms with Gasteiger partial charge in [0.15, 0.2) is 10.0 Å². The molecule has 0 aliphatic carbocycles. The highest BCUT2D eigenvalue weighted by atomic mass is 32.1. The van der Waals surface area contributed by atoms with E-state index in [9.17, 15) is 18.0 Å². The third-order valence-electron chi connectivity index (χ3n) is 4.75.